The zero-order chi connectivity index (χ0) is 13.2. The highest BCUT2D eigenvalue weighted by Crippen LogP contribution is 2.19. The molecule has 0 bridgehead atoms. The Morgan fingerprint density at radius 1 is 1.22 bits per heavy atom. The molecule has 1 rings (SSSR count). The van der Waals surface area contributed by atoms with E-state index in [1.807, 2.05) is 0 Å². The van der Waals surface area contributed by atoms with E-state index in [0.717, 1.165) is 45.7 Å². The SMILES string of the molecule is CCCCN(CCCN)C1=CCCCN1CCN. The van der Waals surface area contributed by atoms with Crippen LogP contribution in [0.5, 0.6) is 0 Å². The highest BCUT2D eigenvalue weighted by atomic mass is 15.3. The predicted molar refractivity (Wildman–Crippen MR) is 78.1 cm³/mol. The quantitative estimate of drug-likeness (QED) is 0.652. The van der Waals surface area contributed by atoms with Crippen molar-refractivity contribution in [3.8, 4) is 0 Å². The average Bonchev–Trinajstić information content (AvgIpc) is 2.40. The first-order chi connectivity index (χ1) is 8.83. The van der Waals surface area contributed by atoms with E-state index in [1.54, 1.807) is 0 Å². The molecule has 0 aromatic heterocycles. The van der Waals surface area contributed by atoms with E-state index in [-0.39, 0.29) is 0 Å². The molecule has 18 heavy (non-hydrogen) atoms. The molecule has 0 spiro atoms. The molecule has 4 N–H and O–H groups in total. The Bertz CT molecular complexity index is 232. The van der Waals surface area contributed by atoms with E-state index in [1.165, 1.54) is 31.5 Å². The minimum absolute atomic E-state index is 0.732. The number of hydrogen-bond acceptors (Lipinski definition) is 4. The van der Waals surface area contributed by atoms with Crippen LogP contribution in [0.1, 0.15) is 39.0 Å². The molecular weight excluding hydrogens is 224 g/mol. The Kier molecular flexibility index (Phi) is 7.85. The number of nitrogens with two attached hydrogens (primary N) is 2. The second-order valence-electron chi connectivity index (χ2n) is 4.96. The molecule has 0 atom stereocenters. The minimum Gasteiger partial charge on any atom is -0.359 e. The maximum atomic E-state index is 5.71. The summed E-state index contributed by atoms with van der Waals surface area (Å²) < 4.78 is 0. The standard InChI is InChI=1S/C14H30N4/c1-2-3-10-17(12-6-8-15)14-7-4-5-11-18(14)13-9-16/h7H,2-6,8-13,15-16H2,1H3. The fourth-order valence-electron chi connectivity index (χ4n) is 2.44. The van der Waals surface area contributed by atoms with Crippen LogP contribution < -0.4 is 11.5 Å². The molecule has 0 saturated carbocycles. The third-order valence-electron chi connectivity index (χ3n) is 3.42. The molecule has 106 valence electrons. The zero-order valence-electron chi connectivity index (χ0n) is 11.9. The Hall–Kier alpha value is -0.740. The molecule has 1 aliphatic heterocycles. The van der Waals surface area contributed by atoms with E-state index in [4.69, 9.17) is 11.5 Å². The van der Waals surface area contributed by atoms with E-state index in [0.29, 0.717) is 0 Å². The molecule has 1 aliphatic rings. The predicted octanol–water partition coefficient (Wildman–Crippen LogP) is 1.33. The van der Waals surface area contributed by atoms with Crippen LogP contribution in [0.4, 0.5) is 0 Å². The molecule has 0 saturated heterocycles. The Morgan fingerprint density at radius 3 is 2.67 bits per heavy atom. The van der Waals surface area contributed by atoms with Gasteiger partial charge in [0, 0.05) is 32.7 Å². The number of hydrogen-bond donors (Lipinski definition) is 2. The van der Waals surface area contributed by atoms with Crippen LogP contribution in [-0.4, -0.2) is 49.1 Å². The molecule has 0 amide bonds. The summed E-state index contributed by atoms with van der Waals surface area (Å²) in [6.07, 6.45) is 8.38. The smallest absolute Gasteiger partial charge is 0.0998 e. The minimum atomic E-state index is 0.732. The average molecular weight is 254 g/mol. The van der Waals surface area contributed by atoms with Gasteiger partial charge in [0.25, 0.3) is 0 Å². The Morgan fingerprint density at radius 2 is 2.00 bits per heavy atom. The maximum Gasteiger partial charge on any atom is 0.0998 e. The summed E-state index contributed by atoms with van der Waals surface area (Å²) in [7, 11) is 0. The van der Waals surface area contributed by atoms with Gasteiger partial charge in [0.2, 0.25) is 0 Å². The van der Waals surface area contributed by atoms with Crippen LogP contribution in [0.15, 0.2) is 11.9 Å². The van der Waals surface area contributed by atoms with Gasteiger partial charge in [-0.25, -0.2) is 0 Å². The van der Waals surface area contributed by atoms with Crippen molar-refractivity contribution in [3.05, 3.63) is 11.9 Å². The first kappa shape index (κ1) is 15.3. The Labute approximate surface area is 112 Å². The lowest BCUT2D eigenvalue weighted by Crippen LogP contribution is -2.41. The molecule has 0 aromatic carbocycles. The summed E-state index contributed by atoms with van der Waals surface area (Å²) in [5, 5.41) is 0. The van der Waals surface area contributed by atoms with Gasteiger partial charge < -0.3 is 21.3 Å². The normalized spacial score (nSPS) is 15.7. The van der Waals surface area contributed by atoms with Crippen molar-refractivity contribution in [2.24, 2.45) is 11.5 Å². The van der Waals surface area contributed by atoms with Gasteiger partial charge >= 0.3 is 0 Å². The largest absolute Gasteiger partial charge is 0.359 e. The van der Waals surface area contributed by atoms with E-state index >= 15 is 0 Å². The van der Waals surface area contributed by atoms with Crippen molar-refractivity contribution in [1.29, 1.82) is 0 Å². The van der Waals surface area contributed by atoms with Crippen molar-refractivity contribution >= 4 is 0 Å². The third kappa shape index (κ3) is 4.86. The van der Waals surface area contributed by atoms with E-state index < -0.39 is 0 Å². The van der Waals surface area contributed by atoms with Gasteiger partial charge in [0.05, 0.1) is 5.82 Å². The van der Waals surface area contributed by atoms with Crippen molar-refractivity contribution in [2.75, 3.05) is 39.3 Å². The van der Waals surface area contributed by atoms with Crippen LogP contribution in [0.2, 0.25) is 0 Å². The number of unbranched alkanes of at least 4 members (excludes halogenated alkanes) is 1. The number of nitrogens with zero attached hydrogens (tertiary/aromatic N) is 2. The van der Waals surface area contributed by atoms with E-state index in [2.05, 4.69) is 22.8 Å². The van der Waals surface area contributed by atoms with Crippen molar-refractivity contribution in [2.45, 2.75) is 39.0 Å². The number of allylic oxidation sites excluding steroid dienone is 1. The van der Waals surface area contributed by atoms with Crippen molar-refractivity contribution in [3.63, 3.8) is 0 Å². The fraction of sp³-hybridized carbons (Fsp3) is 0.857. The topological polar surface area (TPSA) is 58.5 Å². The lowest BCUT2D eigenvalue weighted by Gasteiger charge is -2.38. The summed E-state index contributed by atoms with van der Waals surface area (Å²) in [4.78, 5) is 4.95. The van der Waals surface area contributed by atoms with E-state index in [9.17, 15) is 0 Å². The third-order valence-corrected chi connectivity index (χ3v) is 3.42. The summed E-state index contributed by atoms with van der Waals surface area (Å²) in [6, 6.07) is 0. The van der Waals surface area contributed by atoms with Crippen LogP contribution in [0, 0.1) is 0 Å². The molecular formula is C14H30N4. The van der Waals surface area contributed by atoms with Gasteiger partial charge in [0.15, 0.2) is 0 Å². The highest BCUT2D eigenvalue weighted by Gasteiger charge is 2.18. The van der Waals surface area contributed by atoms with Gasteiger partial charge in [-0.3, -0.25) is 0 Å². The zero-order valence-corrected chi connectivity index (χ0v) is 11.9. The monoisotopic (exact) mass is 254 g/mol. The fourth-order valence-corrected chi connectivity index (χ4v) is 2.44. The van der Waals surface area contributed by atoms with Crippen LogP contribution in [0.25, 0.3) is 0 Å². The van der Waals surface area contributed by atoms with Crippen LogP contribution in [-0.2, 0) is 0 Å². The first-order valence-corrected chi connectivity index (χ1v) is 7.43. The lowest BCUT2D eigenvalue weighted by atomic mass is 10.2. The molecule has 1 heterocycles. The van der Waals surface area contributed by atoms with Crippen LogP contribution in [0.3, 0.4) is 0 Å². The second-order valence-corrected chi connectivity index (χ2v) is 4.96. The van der Waals surface area contributed by atoms with Crippen molar-refractivity contribution < 1.29 is 0 Å². The first-order valence-electron chi connectivity index (χ1n) is 7.43. The van der Waals surface area contributed by atoms with Gasteiger partial charge in [-0.05, 0) is 38.3 Å². The molecule has 4 nitrogen and oxygen atoms in total. The van der Waals surface area contributed by atoms with Gasteiger partial charge in [-0.2, -0.15) is 0 Å². The van der Waals surface area contributed by atoms with Gasteiger partial charge in [-0.15, -0.1) is 0 Å². The summed E-state index contributed by atoms with van der Waals surface area (Å²) in [5.74, 6) is 1.40. The maximum absolute atomic E-state index is 5.71. The Balaban J connectivity index is 2.63. The van der Waals surface area contributed by atoms with Crippen molar-refractivity contribution in [1.82, 2.24) is 9.80 Å². The molecule has 0 aliphatic carbocycles. The summed E-state index contributed by atoms with van der Waals surface area (Å²) in [6.45, 7) is 8.08. The molecule has 4 heteroatoms. The molecule has 0 aromatic rings. The summed E-state index contributed by atoms with van der Waals surface area (Å²) >= 11 is 0. The number of rotatable bonds is 9. The molecule has 0 unspecified atom stereocenters. The van der Waals surface area contributed by atoms with Gasteiger partial charge in [-0.1, -0.05) is 13.3 Å². The summed E-state index contributed by atoms with van der Waals surface area (Å²) in [5.41, 5.74) is 11.4. The molecule has 0 radical (unpaired) electrons. The lowest BCUT2D eigenvalue weighted by molar-refractivity contribution is 0.195. The highest BCUT2D eigenvalue weighted by molar-refractivity contribution is 5.04. The van der Waals surface area contributed by atoms with Crippen LogP contribution >= 0.6 is 0 Å². The van der Waals surface area contributed by atoms with Gasteiger partial charge in [0.1, 0.15) is 0 Å². The molecule has 0 fully saturated rings. The second kappa shape index (κ2) is 9.22.